The average Bonchev–Trinajstić information content (AvgIpc) is 2.13. The first-order valence-electron chi connectivity index (χ1n) is 4.57. The van der Waals surface area contributed by atoms with Crippen LogP contribution < -0.4 is 4.74 Å². The van der Waals surface area contributed by atoms with Gasteiger partial charge in [0.2, 0.25) is 0 Å². The van der Waals surface area contributed by atoms with E-state index in [-0.39, 0.29) is 12.1 Å². The number of hydrogen-bond donors (Lipinski definition) is 0. The molecule has 0 amide bonds. The summed E-state index contributed by atoms with van der Waals surface area (Å²) < 4.78 is 4.02. The maximum absolute atomic E-state index is 5.50. The second-order valence-corrected chi connectivity index (χ2v) is 16.9. The molecule has 0 saturated heterocycles. The van der Waals surface area contributed by atoms with Gasteiger partial charge in [0.05, 0.1) is 6.10 Å². The Hall–Kier alpha value is 1.69. The summed E-state index contributed by atoms with van der Waals surface area (Å²) in [6.45, 7) is 3.80. The molecule has 0 aliphatic heterocycles. The monoisotopic (exact) mass is 635 g/mol. The van der Waals surface area contributed by atoms with Crippen molar-refractivity contribution in [3.63, 3.8) is 0 Å². The van der Waals surface area contributed by atoms with Crippen LogP contribution in [0.15, 0.2) is 0 Å². The van der Waals surface area contributed by atoms with Crippen LogP contribution in [0, 0.1) is 0 Å². The van der Waals surface area contributed by atoms with Gasteiger partial charge in [0.1, 0.15) is 0 Å². The zero-order valence-corrected chi connectivity index (χ0v) is 18.6. The number of nitrogens with zero attached hydrogens (tertiary/aromatic N) is 3. The summed E-state index contributed by atoms with van der Waals surface area (Å²) in [4.78, 5) is 12.7. The zero-order chi connectivity index (χ0) is 14.1. The van der Waals surface area contributed by atoms with E-state index in [1.165, 1.54) is 0 Å². The molecule has 1 aromatic rings. The molecule has 0 atom stereocenters. The molecule has 0 aromatic carbocycles. The summed E-state index contributed by atoms with van der Waals surface area (Å²) in [5.41, 5.74) is 0. The number of aromatic nitrogens is 3. The highest BCUT2D eigenvalue weighted by molar-refractivity contribution is 9.39. The third kappa shape index (κ3) is 5.59. The summed E-state index contributed by atoms with van der Waals surface area (Å²) in [6, 6.07) is 0.246. The van der Waals surface area contributed by atoms with Crippen LogP contribution in [0.25, 0.3) is 0 Å². The molecule has 18 heavy (non-hydrogen) atoms. The Morgan fingerprint density at radius 3 is 1.50 bits per heavy atom. The molecule has 0 radical (unpaired) electrons. The fraction of sp³-hybridized carbons (Fsp3) is 0.625. The van der Waals surface area contributed by atoms with E-state index < -0.39 is 4.29 Å². The molecule has 102 valence electrons. The molecule has 0 bridgehead atoms. The van der Waals surface area contributed by atoms with E-state index in [0.29, 0.717) is 11.6 Å². The number of ether oxygens (including phenoxy) is 1. The topological polar surface area (TPSA) is 47.9 Å². The summed E-state index contributed by atoms with van der Waals surface area (Å²) in [5, 5.41) is 0. The van der Waals surface area contributed by atoms with E-state index in [1.807, 2.05) is 13.8 Å². The highest BCUT2D eigenvalue weighted by Gasteiger charge is 2.32. The average molecular weight is 641 g/mol. The lowest BCUT2D eigenvalue weighted by Crippen LogP contribution is -2.17. The van der Waals surface area contributed by atoms with Gasteiger partial charge in [-0.3, -0.25) is 0 Å². The first-order valence-corrected chi connectivity index (χ1v) is 9.33. The van der Waals surface area contributed by atoms with Gasteiger partial charge >= 0.3 is 6.01 Å². The minimum absolute atomic E-state index is 0.0288. The van der Waals surface area contributed by atoms with E-state index in [1.54, 1.807) is 0 Å². The Labute approximate surface area is 155 Å². The van der Waals surface area contributed by atoms with E-state index in [4.69, 9.17) is 4.74 Å². The van der Waals surface area contributed by atoms with Crippen LogP contribution in [-0.4, -0.2) is 21.1 Å². The number of hydrogen-bond acceptors (Lipinski definition) is 4. The molecule has 1 aromatic heterocycles. The number of alkyl halides is 6. The van der Waals surface area contributed by atoms with Crippen molar-refractivity contribution < 1.29 is 4.74 Å². The van der Waals surface area contributed by atoms with Crippen molar-refractivity contribution in [1.29, 1.82) is 0 Å². The van der Waals surface area contributed by atoms with Gasteiger partial charge in [-0.05, 0) is 13.8 Å². The highest BCUT2D eigenvalue weighted by Crippen LogP contribution is 2.46. The molecule has 1 heterocycles. The van der Waals surface area contributed by atoms with Crippen molar-refractivity contribution in [2.45, 2.75) is 24.2 Å². The van der Waals surface area contributed by atoms with Crippen LogP contribution in [0.2, 0.25) is 0 Å². The SMILES string of the molecule is CC(C)Oc1nc(C(Br)(Br)Br)nc(C(Br)(Br)Br)n1. The number of rotatable bonds is 2. The molecule has 0 N–H and O–H groups in total. The van der Waals surface area contributed by atoms with Gasteiger partial charge in [0.15, 0.2) is 15.9 Å². The maximum atomic E-state index is 5.50. The molecule has 0 unspecified atom stereocenters. The van der Waals surface area contributed by atoms with Gasteiger partial charge in [0.25, 0.3) is 0 Å². The van der Waals surface area contributed by atoms with Crippen molar-refractivity contribution in [2.24, 2.45) is 0 Å². The van der Waals surface area contributed by atoms with Crippen molar-refractivity contribution in [3.8, 4) is 6.01 Å². The normalized spacial score (nSPS) is 12.9. The van der Waals surface area contributed by atoms with Gasteiger partial charge in [0, 0.05) is 0 Å². The van der Waals surface area contributed by atoms with Gasteiger partial charge in [-0.1, -0.05) is 95.6 Å². The maximum Gasteiger partial charge on any atom is 0.320 e. The van der Waals surface area contributed by atoms with Gasteiger partial charge in [-0.25, -0.2) is 4.98 Å². The Morgan fingerprint density at radius 2 is 1.22 bits per heavy atom. The van der Waals surface area contributed by atoms with Crippen LogP contribution in [0.4, 0.5) is 0 Å². The third-order valence-electron chi connectivity index (χ3n) is 1.46. The van der Waals surface area contributed by atoms with Crippen molar-refractivity contribution in [1.82, 2.24) is 15.0 Å². The van der Waals surface area contributed by atoms with Crippen LogP contribution >= 0.6 is 95.6 Å². The molecule has 0 aliphatic carbocycles. The van der Waals surface area contributed by atoms with Crippen molar-refractivity contribution in [2.75, 3.05) is 0 Å². The summed E-state index contributed by atoms with van der Waals surface area (Å²) in [6.07, 6.45) is -0.0288. The van der Waals surface area contributed by atoms with E-state index in [0.717, 1.165) is 0 Å². The largest absolute Gasteiger partial charge is 0.461 e. The molecule has 1 rings (SSSR count). The van der Waals surface area contributed by atoms with Crippen LogP contribution in [0.3, 0.4) is 0 Å². The van der Waals surface area contributed by atoms with Gasteiger partial charge in [-0.2, -0.15) is 9.97 Å². The first-order chi connectivity index (χ1) is 8.00. The number of halogens is 6. The highest BCUT2D eigenvalue weighted by atomic mass is 80.0. The van der Waals surface area contributed by atoms with E-state index in [2.05, 4.69) is 111 Å². The Morgan fingerprint density at radius 1 is 0.833 bits per heavy atom. The van der Waals surface area contributed by atoms with Crippen LogP contribution in [0.5, 0.6) is 6.01 Å². The van der Waals surface area contributed by atoms with E-state index >= 15 is 0 Å². The van der Waals surface area contributed by atoms with E-state index in [9.17, 15) is 0 Å². The van der Waals surface area contributed by atoms with Gasteiger partial charge < -0.3 is 4.74 Å². The molecule has 0 spiro atoms. The van der Waals surface area contributed by atoms with Gasteiger partial charge in [-0.15, -0.1) is 0 Å². The van der Waals surface area contributed by atoms with Crippen molar-refractivity contribution >= 4 is 95.6 Å². The predicted octanol–water partition coefficient (Wildman–Crippen LogP) is 5.25. The lowest BCUT2D eigenvalue weighted by atomic mass is 10.5. The third-order valence-corrected chi connectivity index (χ3v) is 3.59. The Balaban J connectivity index is 3.29. The van der Waals surface area contributed by atoms with Crippen molar-refractivity contribution in [3.05, 3.63) is 11.6 Å². The smallest absolute Gasteiger partial charge is 0.320 e. The second-order valence-electron chi connectivity index (χ2n) is 3.43. The summed E-state index contributed by atoms with van der Waals surface area (Å²) in [5.74, 6) is 0.872. The second kappa shape index (κ2) is 6.64. The minimum Gasteiger partial charge on any atom is -0.461 e. The predicted molar refractivity (Wildman–Crippen MR) is 92.5 cm³/mol. The lowest BCUT2D eigenvalue weighted by Gasteiger charge is -2.17. The minimum atomic E-state index is -0.738. The van der Waals surface area contributed by atoms with Crippen LogP contribution in [0.1, 0.15) is 25.5 Å². The zero-order valence-electron chi connectivity index (χ0n) is 9.10. The quantitative estimate of drug-likeness (QED) is 0.415. The van der Waals surface area contributed by atoms with Crippen LogP contribution in [-0.2, 0) is 4.29 Å². The summed E-state index contributed by atoms with van der Waals surface area (Å²) >= 11 is 20.2. The molecule has 10 heteroatoms. The molecular formula is C8H7Br6N3O. The molecule has 0 fully saturated rings. The first kappa shape index (κ1) is 17.7. The fourth-order valence-corrected chi connectivity index (χ4v) is 1.94. The Bertz CT molecular complexity index is 396. The summed E-state index contributed by atoms with van der Waals surface area (Å²) in [7, 11) is 0. The molecular weight excluding hydrogens is 634 g/mol. The standard InChI is InChI=1S/C8H7Br6N3O/c1-3(2)18-6-16-4(7(9,10)11)15-5(17-6)8(12,13)14/h3H,1-2H3. The molecule has 0 saturated carbocycles. The Kier molecular flexibility index (Phi) is 6.54. The molecule has 4 nitrogen and oxygen atoms in total. The lowest BCUT2D eigenvalue weighted by molar-refractivity contribution is 0.220. The molecule has 0 aliphatic rings. The fourth-order valence-electron chi connectivity index (χ4n) is 0.874.